The van der Waals surface area contributed by atoms with Gasteiger partial charge in [0, 0.05) is 60.4 Å². The second-order valence-electron chi connectivity index (χ2n) is 8.03. The first kappa shape index (κ1) is 23.7. The maximum atomic E-state index is 12.3. The molecule has 1 atom stereocenters. The lowest BCUT2D eigenvalue weighted by molar-refractivity contribution is -0.133. The molecule has 0 radical (unpaired) electrons. The minimum Gasteiger partial charge on any atom is -0.356 e. The molecule has 2 amide bonds. The van der Waals surface area contributed by atoms with Gasteiger partial charge in [0.1, 0.15) is 0 Å². The van der Waals surface area contributed by atoms with Gasteiger partial charge in [-0.15, -0.1) is 0 Å². The Morgan fingerprint density at radius 3 is 2.40 bits per heavy atom. The van der Waals surface area contributed by atoms with Gasteiger partial charge in [0.25, 0.3) is 5.91 Å². The summed E-state index contributed by atoms with van der Waals surface area (Å²) in [6, 6.07) is 7.62. The van der Waals surface area contributed by atoms with Crippen LogP contribution in [0.3, 0.4) is 0 Å². The third kappa shape index (κ3) is 6.73. The highest BCUT2D eigenvalue weighted by molar-refractivity contribution is 5.93. The van der Waals surface area contributed by atoms with Gasteiger partial charge in [0.2, 0.25) is 5.91 Å². The van der Waals surface area contributed by atoms with Gasteiger partial charge in [-0.2, -0.15) is 0 Å². The number of carbonyl (C=O) groups excluding carboxylic acids is 2. The van der Waals surface area contributed by atoms with Crippen LogP contribution in [0.4, 0.5) is 0 Å². The fourth-order valence-corrected chi connectivity index (χ4v) is 3.59. The van der Waals surface area contributed by atoms with E-state index in [0.717, 1.165) is 50.4 Å². The molecule has 0 aromatic heterocycles. The topological polar surface area (TPSA) is 80.3 Å². The van der Waals surface area contributed by atoms with Crippen LogP contribution < -0.4 is 10.6 Å². The SMILES string of the molecule is CN=C(NCCCN1CCCC1C(=O)N(C)C)NCc1ccc(C(=O)N(C)C)cc1. The molecule has 166 valence electrons. The summed E-state index contributed by atoms with van der Waals surface area (Å²) in [6.07, 6.45) is 2.98. The Balaban J connectivity index is 1.72. The normalized spacial score (nSPS) is 17.0. The Kier molecular flexibility index (Phi) is 9.11. The van der Waals surface area contributed by atoms with Crippen LogP contribution in [0.2, 0.25) is 0 Å². The summed E-state index contributed by atoms with van der Waals surface area (Å²) in [6.45, 7) is 3.30. The summed E-state index contributed by atoms with van der Waals surface area (Å²) in [5.41, 5.74) is 1.76. The number of amides is 2. The standard InChI is InChI=1S/C22H36N6O2/c1-23-22(25-16-17-9-11-18(12-10-17)20(29)26(2)3)24-13-7-15-28-14-6-8-19(28)21(30)27(4)5/h9-12,19H,6-8,13-16H2,1-5H3,(H2,23,24,25). The molecule has 1 aromatic rings. The van der Waals surface area contributed by atoms with Gasteiger partial charge in [0.05, 0.1) is 6.04 Å². The Morgan fingerprint density at radius 2 is 1.80 bits per heavy atom. The lowest BCUT2D eigenvalue weighted by Gasteiger charge is -2.26. The van der Waals surface area contributed by atoms with Crippen LogP contribution in [-0.2, 0) is 11.3 Å². The molecule has 1 unspecified atom stereocenters. The Labute approximate surface area is 180 Å². The van der Waals surface area contributed by atoms with E-state index in [9.17, 15) is 9.59 Å². The molecule has 1 aromatic carbocycles. The molecule has 2 rings (SSSR count). The van der Waals surface area contributed by atoms with Crippen LogP contribution in [0.25, 0.3) is 0 Å². The number of benzene rings is 1. The third-order valence-corrected chi connectivity index (χ3v) is 5.29. The number of guanidine groups is 1. The highest BCUT2D eigenvalue weighted by atomic mass is 16.2. The van der Waals surface area contributed by atoms with Crippen molar-refractivity contribution in [3.05, 3.63) is 35.4 Å². The quantitative estimate of drug-likeness (QED) is 0.375. The van der Waals surface area contributed by atoms with Gasteiger partial charge in [-0.1, -0.05) is 12.1 Å². The molecule has 0 spiro atoms. The van der Waals surface area contributed by atoms with Crippen molar-refractivity contribution in [1.82, 2.24) is 25.3 Å². The van der Waals surface area contributed by atoms with E-state index in [1.54, 1.807) is 30.9 Å². The van der Waals surface area contributed by atoms with Crippen molar-refractivity contribution in [1.29, 1.82) is 0 Å². The van der Waals surface area contributed by atoms with E-state index in [1.807, 2.05) is 38.4 Å². The zero-order valence-corrected chi connectivity index (χ0v) is 18.9. The minimum atomic E-state index is -0.000455. The molecule has 0 aliphatic carbocycles. The predicted molar refractivity (Wildman–Crippen MR) is 121 cm³/mol. The zero-order valence-electron chi connectivity index (χ0n) is 18.9. The third-order valence-electron chi connectivity index (χ3n) is 5.29. The fourth-order valence-electron chi connectivity index (χ4n) is 3.59. The van der Waals surface area contributed by atoms with Crippen LogP contribution in [0.1, 0.15) is 35.2 Å². The van der Waals surface area contributed by atoms with Crippen molar-refractivity contribution in [3.63, 3.8) is 0 Å². The van der Waals surface area contributed by atoms with Crippen LogP contribution in [0, 0.1) is 0 Å². The van der Waals surface area contributed by atoms with E-state index in [2.05, 4.69) is 20.5 Å². The predicted octanol–water partition coefficient (Wildman–Crippen LogP) is 0.996. The van der Waals surface area contributed by atoms with Crippen molar-refractivity contribution in [2.45, 2.75) is 31.8 Å². The molecule has 30 heavy (non-hydrogen) atoms. The average molecular weight is 417 g/mol. The number of carbonyl (C=O) groups is 2. The molecular weight excluding hydrogens is 380 g/mol. The van der Waals surface area contributed by atoms with E-state index in [4.69, 9.17) is 0 Å². The number of likely N-dealkylation sites (tertiary alicyclic amines) is 1. The summed E-state index contributed by atoms with van der Waals surface area (Å²) < 4.78 is 0. The molecular formula is C22H36N6O2. The molecule has 0 bridgehead atoms. The van der Waals surface area contributed by atoms with Gasteiger partial charge in [0.15, 0.2) is 5.96 Å². The van der Waals surface area contributed by atoms with Crippen molar-refractivity contribution in [2.24, 2.45) is 4.99 Å². The largest absolute Gasteiger partial charge is 0.356 e. The molecule has 1 fully saturated rings. The molecule has 8 nitrogen and oxygen atoms in total. The first-order valence-electron chi connectivity index (χ1n) is 10.5. The highest BCUT2D eigenvalue weighted by Crippen LogP contribution is 2.18. The number of likely N-dealkylation sites (N-methyl/N-ethyl adjacent to an activating group) is 1. The Bertz CT molecular complexity index is 730. The molecule has 1 saturated heterocycles. The van der Waals surface area contributed by atoms with E-state index < -0.39 is 0 Å². The van der Waals surface area contributed by atoms with Crippen LogP contribution in [-0.4, -0.2) is 93.4 Å². The monoisotopic (exact) mass is 416 g/mol. The maximum absolute atomic E-state index is 12.3. The summed E-state index contributed by atoms with van der Waals surface area (Å²) >= 11 is 0. The molecule has 0 saturated carbocycles. The molecule has 1 aliphatic heterocycles. The van der Waals surface area contributed by atoms with Crippen LogP contribution in [0.5, 0.6) is 0 Å². The first-order valence-corrected chi connectivity index (χ1v) is 10.5. The minimum absolute atomic E-state index is 0.000455. The van der Waals surface area contributed by atoms with Crippen molar-refractivity contribution in [2.75, 3.05) is 54.9 Å². The number of aliphatic imine (C=N–C) groups is 1. The number of hydrogen-bond donors (Lipinski definition) is 2. The van der Waals surface area contributed by atoms with E-state index in [-0.39, 0.29) is 17.9 Å². The van der Waals surface area contributed by atoms with E-state index in [1.165, 1.54) is 0 Å². The van der Waals surface area contributed by atoms with Gasteiger partial charge < -0.3 is 20.4 Å². The second kappa shape index (κ2) is 11.5. The first-order chi connectivity index (χ1) is 14.3. The fraction of sp³-hybridized carbons (Fsp3) is 0.591. The number of rotatable bonds is 8. The van der Waals surface area contributed by atoms with Crippen molar-refractivity contribution in [3.8, 4) is 0 Å². The average Bonchev–Trinajstić information content (AvgIpc) is 3.20. The highest BCUT2D eigenvalue weighted by Gasteiger charge is 2.30. The summed E-state index contributed by atoms with van der Waals surface area (Å²) in [4.78, 5) is 34.0. The zero-order chi connectivity index (χ0) is 22.1. The van der Waals surface area contributed by atoms with Gasteiger partial charge in [-0.05, 0) is 43.5 Å². The molecule has 1 heterocycles. The van der Waals surface area contributed by atoms with Crippen molar-refractivity contribution < 1.29 is 9.59 Å². The van der Waals surface area contributed by atoms with Gasteiger partial charge in [-0.3, -0.25) is 19.5 Å². The smallest absolute Gasteiger partial charge is 0.253 e. The summed E-state index contributed by atoms with van der Waals surface area (Å²) in [5.74, 6) is 0.946. The van der Waals surface area contributed by atoms with Crippen molar-refractivity contribution >= 4 is 17.8 Å². The molecule has 1 aliphatic rings. The lowest BCUT2D eigenvalue weighted by Crippen LogP contribution is -2.44. The van der Waals surface area contributed by atoms with E-state index in [0.29, 0.717) is 12.1 Å². The lowest BCUT2D eigenvalue weighted by atomic mass is 10.1. The Morgan fingerprint density at radius 1 is 1.10 bits per heavy atom. The maximum Gasteiger partial charge on any atom is 0.253 e. The molecule has 2 N–H and O–H groups in total. The van der Waals surface area contributed by atoms with Crippen LogP contribution in [0.15, 0.2) is 29.3 Å². The van der Waals surface area contributed by atoms with Gasteiger partial charge >= 0.3 is 0 Å². The van der Waals surface area contributed by atoms with Crippen LogP contribution >= 0.6 is 0 Å². The number of nitrogens with one attached hydrogen (secondary N) is 2. The Hall–Kier alpha value is -2.61. The molecule has 8 heteroatoms. The second-order valence-corrected chi connectivity index (χ2v) is 8.03. The summed E-state index contributed by atoms with van der Waals surface area (Å²) in [5, 5.41) is 6.63. The van der Waals surface area contributed by atoms with E-state index >= 15 is 0 Å². The number of hydrogen-bond acceptors (Lipinski definition) is 4. The summed E-state index contributed by atoms with van der Waals surface area (Å²) in [7, 11) is 8.89. The van der Waals surface area contributed by atoms with Gasteiger partial charge in [-0.25, -0.2) is 0 Å². The number of nitrogens with zero attached hydrogens (tertiary/aromatic N) is 4.